The van der Waals surface area contributed by atoms with E-state index in [1.165, 1.54) is 17.7 Å². The van der Waals surface area contributed by atoms with Gasteiger partial charge in [-0.15, -0.1) is 0 Å². The monoisotopic (exact) mass is 278 g/mol. The van der Waals surface area contributed by atoms with Crippen LogP contribution >= 0.6 is 11.3 Å². The molecule has 1 heterocycles. The first-order chi connectivity index (χ1) is 9.25. The summed E-state index contributed by atoms with van der Waals surface area (Å²) in [6.07, 6.45) is 0. The molecule has 0 atom stereocenters. The van der Waals surface area contributed by atoms with Crippen molar-refractivity contribution in [1.82, 2.24) is 0 Å². The van der Waals surface area contributed by atoms with Crippen molar-refractivity contribution in [3.8, 4) is 0 Å². The number of nitro benzene ring substituents is 1. The van der Waals surface area contributed by atoms with Crippen LogP contribution < -0.4 is 10.6 Å². The fourth-order valence-corrected chi connectivity index (χ4v) is 2.38. The smallest absolute Gasteiger partial charge is 0.269 e. The van der Waals surface area contributed by atoms with Crippen LogP contribution in [0.1, 0.15) is 5.56 Å². The second-order valence-electron chi connectivity index (χ2n) is 4.14. The molecule has 0 aliphatic heterocycles. The van der Waals surface area contributed by atoms with E-state index in [9.17, 15) is 10.1 Å². The highest BCUT2D eigenvalue weighted by Crippen LogP contribution is 2.14. The van der Waals surface area contributed by atoms with E-state index < -0.39 is 4.92 Å². The van der Waals surface area contributed by atoms with Crippen LogP contribution in [0.25, 0.3) is 0 Å². The van der Waals surface area contributed by atoms with Gasteiger partial charge in [-0.25, -0.2) is 0 Å². The molecular weight excluding hydrogens is 262 g/mol. The molecule has 0 aliphatic rings. The molecule has 2 rings (SSSR count). The van der Waals surface area contributed by atoms with Crippen molar-refractivity contribution >= 4 is 22.7 Å². The van der Waals surface area contributed by atoms with Crippen LogP contribution in [0, 0.1) is 10.1 Å². The first-order valence-corrected chi connectivity index (χ1v) is 7.01. The highest BCUT2D eigenvalue weighted by Gasteiger charge is 2.03. The number of nitrogens with zero attached hydrogens (tertiary/aromatic N) is 1. The maximum absolute atomic E-state index is 10.5. The molecular formula is C13H16N3O2S+. The van der Waals surface area contributed by atoms with Crippen LogP contribution in [0.15, 0.2) is 41.1 Å². The molecule has 0 bridgehead atoms. The predicted molar refractivity (Wildman–Crippen MR) is 76.4 cm³/mol. The zero-order valence-electron chi connectivity index (χ0n) is 10.4. The number of rotatable bonds is 7. The Labute approximate surface area is 115 Å². The molecule has 0 aliphatic carbocycles. The fourth-order valence-electron chi connectivity index (χ4n) is 1.70. The second-order valence-corrected chi connectivity index (χ2v) is 4.92. The number of nitrogens with one attached hydrogen (secondary N) is 1. The molecule has 2 aromatic rings. The quantitative estimate of drug-likeness (QED) is 0.461. The summed E-state index contributed by atoms with van der Waals surface area (Å²) >= 11 is 1.71. The Morgan fingerprint density at radius 3 is 2.68 bits per heavy atom. The van der Waals surface area contributed by atoms with Gasteiger partial charge in [-0.3, -0.25) is 10.1 Å². The lowest BCUT2D eigenvalue weighted by atomic mass is 10.3. The number of thiophene rings is 1. The van der Waals surface area contributed by atoms with Gasteiger partial charge < -0.3 is 10.6 Å². The van der Waals surface area contributed by atoms with Gasteiger partial charge in [0.05, 0.1) is 18.0 Å². The summed E-state index contributed by atoms with van der Waals surface area (Å²) in [5.41, 5.74) is 2.38. The van der Waals surface area contributed by atoms with Gasteiger partial charge in [0.2, 0.25) is 0 Å². The highest BCUT2D eigenvalue weighted by molar-refractivity contribution is 7.07. The number of hydrogen-bond donors (Lipinski definition) is 2. The standard InChI is InChI=1S/C13H15N3O2S/c17-16(18)13-3-1-12(2-4-13)15-7-6-14-9-11-5-8-19-10-11/h1-5,8,10,14-15H,6-7,9H2/p+1. The van der Waals surface area contributed by atoms with Crippen molar-refractivity contribution in [3.05, 3.63) is 56.8 Å². The lowest BCUT2D eigenvalue weighted by molar-refractivity contribution is -0.667. The molecule has 0 fully saturated rings. The maximum atomic E-state index is 10.5. The molecule has 3 N–H and O–H groups in total. The van der Waals surface area contributed by atoms with Crippen molar-refractivity contribution in [3.63, 3.8) is 0 Å². The SMILES string of the molecule is O=[N+]([O-])c1ccc(NCC[NH2+]Cc2ccsc2)cc1. The Morgan fingerprint density at radius 1 is 1.26 bits per heavy atom. The Hall–Kier alpha value is -1.92. The molecule has 0 saturated heterocycles. The molecule has 5 nitrogen and oxygen atoms in total. The molecule has 0 unspecified atom stereocenters. The number of nitrogens with two attached hydrogens (primary N) is 1. The first kappa shape index (κ1) is 13.5. The summed E-state index contributed by atoms with van der Waals surface area (Å²) in [5.74, 6) is 0. The van der Waals surface area contributed by atoms with Gasteiger partial charge in [0.15, 0.2) is 0 Å². The predicted octanol–water partition coefficient (Wildman–Crippen LogP) is 1.83. The average molecular weight is 278 g/mol. The molecule has 1 aromatic heterocycles. The third kappa shape index (κ3) is 4.35. The average Bonchev–Trinajstić information content (AvgIpc) is 2.92. The van der Waals surface area contributed by atoms with Gasteiger partial charge in [-0.2, -0.15) is 11.3 Å². The molecule has 0 spiro atoms. The van der Waals surface area contributed by atoms with Crippen LogP contribution in [0.3, 0.4) is 0 Å². The minimum atomic E-state index is -0.390. The van der Waals surface area contributed by atoms with Crippen LogP contribution in [0.5, 0.6) is 0 Å². The van der Waals surface area contributed by atoms with Crippen molar-refractivity contribution in [1.29, 1.82) is 0 Å². The van der Waals surface area contributed by atoms with Crippen LogP contribution in [0.2, 0.25) is 0 Å². The minimum Gasteiger partial charge on any atom is -0.379 e. The Balaban J connectivity index is 1.66. The van der Waals surface area contributed by atoms with Gasteiger partial charge in [-0.05, 0) is 29.0 Å². The summed E-state index contributed by atoms with van der Waals surface area (Å²) in [4.78, 5) is 10.1. The molecule has 0 amide bonds. The van der Waals surface area contributed by atoms with E-state index in [1.54, 1.807) is 23.5 Å². The van der Waals surface area contributed by atoms with Crippen molar-refractivity contribution in [2.24, 2.45) is 0 Å². The summed E-state index contributed by atoms with van der Waals surface area (Å²) in [7, 11) is 0. The number of hydrogen-bond acceptors (Lipinski definition) is 4. The second kappa shape index (κ2) is 6.86. The summed E-state index contributed by atoms with van der Waals surface area (Å²) in [6.45, 7) is 2.79. The zero-order chi connectivity index (χ0) is 13.5. The van der Waals surface area contributed by atoms with E-state index in [0.29, 0.717) is 0 Å². The maximum Gasteiger partial charge on any atom is 0.269 e. The van der Waals surface area contributed by atoms with Crippen LogP contribution in [0.4, 0.5) is 11.4 Å². The third-order valence-electron chi connectivity index (χ3n) is 2.72. The van der Waals surface area contributed by atoms with E-state index in [1.807, 2.05) is 0 Å². The van der Waals surface area contributed by atoms with E-state index in [4.69, 9.17) is 0 Å². The van der Waals surface area contributed by atoms with Crippen molar-refractivity contribution < 1.29 is 10.2 Å². The Bertz CT molecular complexity index is 511. The number of quaternary nitrogens is 1. The van der Waals surface area contributed by atoms with Gasteiger partial charge in [0.1, 0.15) is 6.54 Å². The summed E-state index contributed by atoms with van der Waals surface area (Å²) < 4.78 is 0. The van der Waals surface area contributed by atoms with E-state index in [2.05, 4.69) is 27.5 Å². The molecule has 1 aromatic carbocycles. The summed E-state index contributed by atoms with van der Waals surface area (Å²) in [5, 5.41) is 20.2. The third-order valence-corrected chi connectivity index (χ3v) is 3.45. The summed E-state index contributed by atoms with van der Waals surface area (Å²) in [6, 6.07) is 8.62. The fraction of sp³-hybridized carbons (Fsp3) is 0.231. The van der Waals surface area contributed by atoms with E-state index >= 15 is 0 Å². The Kier molecular flexibility index (Phi) is 4.88. The molecule has 6 heteroatoms. The van der Waals surface area contributed by atoms with E-state index in [0.717, 1.165) is 25.3 Å². The van der Waals surface area contributed by atoms with E-state index in [-0.39, 0.29) is 5.69 Å². The van der Waals surface area contributed by atoms with Gasteiger partial charge >= 0.3 is 0 Å². The molecule has 19 heavy (non-hydrogen) atoms. The van der Waals surface area contributed by atoms with Crippen LogP contribution in [-0.4, -0.2) is 18.0 Å². The normalized spacial score (nSPS) is 10.3. The lowest BCUT2D eigenvalue weighted by Gasteiger charge is -2.05. The number of benzene rings is 1. The van der Waals surface area contributed by atoms with Gasteiger partial charge in [0.25, 0.3) is 5.69 Å². The largest absolute Gasteiger partial charge is 0.379 e. The highest BCUT2D eigenvalue weighted by atomic mass is 32.1. The topological polar surface area (TPSA) is 71.8 Å². The van der Waals surface area contributed by atoms with Gasteiger partial charge in [0, 0.05) is 23.4 Å². The lowest BCUT2D eigenvalue weighted by Crippen LogP contribution is -2.83. The van der Waals surface area contributed by atoms with Gasteiger partial charge in [-0.1, -0.05) is 0 Å². The molecule has 0 radical (unpaired) electrons. The Morgan fingerprint density at radius 2 is 2.05 bits per heavy atom. The minimum absolute atomic E-state index is 0.120. The first-order valence-electron chi connectivity index (χ1n) is 6.07. The number of non-ortho nitro benzene ring substituents is 1. The van der Waals surface area contributed by atoms with Crippen molar-refractivity contribution in [2.45, 2.75) is 6.54 Å². The van der Waals surface area contributed by atoms with Crippen molar-refractivity contribution in [2.75, 3.05) is 18.4 Å². The number of anilines is 1. The van der Waals surface area contributed by atoms with Crippen LogP contribution in [-0.2, 0) is 6.54 Å². The zero-order valence-corrected chi connectivity index (χ0v) is 11.2. The molecule has 0 saturated carbocycles. The molecule has 100 valence electrons. The number of nitro groups is 1.